The minimum absolute atomic E-state index is 0.217. The molecule has 2 heterocycles. The van der Waals surface area contributed by atoms with Crippen LogP contribution in [0.3, 0.4) is 0 Å². The molecule has 0 saturated carbocycles. The van der Waals surface area contributed by atoms with Crippen LogP contribution in [0.1, 0.15) is 0 Å². The lowest BCUT2D eigenvalue weighted by atomic mass is 10.3. The number of aromatic amines is 1. The molecular weight excluding hydrogens is 273 g/mol. The van der Waals surface area contributed by atoms with Crippen LogP contribution in [-0.4, -0.2) is 14.5 Å². The second kappa shape index (κ2) is 4.19. The maximum absolute atomic E-state index is 13.9. The number of aromatic nitrogens is 3. The molecular formula is C12H7ClFN3S. The standard InChI is InChI=1S/C12H7ClFN3S/c13-7-3-1-4-8(14)10(7)17-11-9(16-12(17)18)5-2-6-15-11/h1-6H,(H,16,18). The van der Waals surface area contributed by atoms with Gasteiger partial charge in [0.25, 0.3) is 0 Å². The lowest BCUT2D eigenvalue weighted by Gasteiger charge is -2.07. The van der Waals surface area contributed by atoms with Crippen LogP contribution < -0.4 is 0 Å². The molecule has 18 heavy (non-hydrogen) atoms. The first kappa shape index (κ1) is 11.4. The van der Waals surface area contributed by atoms with E-state index in [9.17, 15) is 4.39 Å². The van der Waals surface area contributed by atoms with E-state index in [-0.39, 0.29) is 10.7 Å². The largest absolute Gasteiger partial charge is 0.329 e. The summed E-state index contributed by atoms with van der Waals surface area (Å²) < 4.78 is 15.8. The van der Waals surface area contributed by atoms with E-state index >= 15 is 0 Å². The summed E-state index contributed by atoms with van der Waals surface area (Å²) in [4.78, 5) is 7.17. The van der Waals surface area contributed by atoms with Gasteiger partial charge >= 0.3 is 0 Å². The Bertz CT molecular complexity index is 773. The highest BCUT2D eigenvalue weighted by Gasteiger charge is 2.14. The maximum atomic E-state index is 13.9. The molecule has 0 bridgehead atoms. The zero-order chi connectivity index (χ0) is 12.7. The SMILES string of the molecule is Fc1cccc(Cl)c1-n1c(=S)[nH]c2cccnc21. The fourth-order valence-electron chi connectivity index (χ4n) is 1.85. The molecule has 1 aromatic carbocycles. The number of imidazole rings is 1. The third-order valence-electron chi connectivity index (χ3n) is 2.60. The van der Waals surface area contributed by atoms with Crippen LogP contribution in [0.5, 0.6) is 0 Å². The Balaban J connectivity index is 2.46. The van der Waals surface area contributed by atoms with Gasteiger partial charge in [-0.2, -0.15) is 0 Å². The van der Waals surface area contributed by atoms with Crippen LogP contribution in [0.4, 0.5) is 4.39 Å². The molecule has 1 N–H and O–H groups in total. The van der Waals surface area contributed by atoms with Crippen molar-refractivity contribution in [3.05, 3.63) is 52.1 Å². The van der Waals surface area contributed by atoms with Crippen LogP contribution >= 0.6 is 23.8 Å². The van der Waals surface area contributed by atoms with Gasteiger partial charge in [-0.1, -0.05) is 17.7 Å². The average Bonchev–Trinajstić information content (AvgIpc) is 2.66. The molecule has 0 radical (unpaired) electrons. The minimum Gasteiger partial charge on any atom is -0.329 e. The third kappa shape index (κ3) is 1.63. The second-order valence-corrected chi connectivity index (χ2v) is 4.50. The quantitative estimate of drug-likeness (QED) is 0.686. The molecule has 0 fully saturated rings. The van der Waals surface area contributed by atoms with E-state index in [1.165, 1.54) is 10.6 Å². The summed E-state index contributed by atoms with van der Waals surface area (Å²) in [7, 11) is 0. The molecule has 3 rings (SSSR count). The van der Waals surface area contributed by atoms with Crippen LogP contribution in [-0.2, 0) is 0 Å². The molecule has 0 saturated heterocycles. The van der Waals surface area contributed by atoms with Crippen molar-refractivity contribution in [1.82, 2.24) is 14.5 Å². The predicted octanol–water partition coefficient (Wildman–Crippen LogP) is 3.88. The first-order valence-corrected chi connectivity index (χ1v) is 5.97. The number of para-hydroxylation sites is 1. The zero-order valence-electron chi connectivity index (χ0n) is 9.02. The van der Waals surface area contributed by atoms with Gasteiger partial charge in [0, 0.05) is 6.20 Å². The average molecular weight is 280 g/mol. The van der Waals surface area contributed by atoms with Gasteiger partial charge in [-0.05, 0) is 36.5 Å². The molecule has 0 aliphatic rings. The fourth-order valence-corrected chi connectivity index (χ4v) is 2.39. The summed E-state index contributed by atoms with van der Waals surface area (Å²) in [5, 5.41) is 0.289. The maximum Gasteiger partial charge on any atom is 0.184 e. The molecule has 6 heteroatoms. The topological polar surface area (TPSA) is 33.6 Å². The van der Waals surface area contributed by atoms with Crippen molar-refractivity contribution >= 4 is 35.0 Å². The minimum atomic E-state index is -0.440. The van der Waals surface area contributed by atoms with E-state index in [4.69, 9.17) is 23.8 Å². The lowest BCUT2D eigenvalue weighted by Crippen LogP contribution is -1.99. The highest BCUT2D eigenvalue weighted by molar-refractivity contribution is 7.71. The number of fused-ring (bicyclic) bond motifs is 1. The van der Waals surface area contributed by atoms with Gasteiger partial charge in [0.05, 0.1) is 10.5 Å². The normalized spacial score (nSPS) is 11.0. The van der Waals surface area contributed by atoms with Crippen LogP contribution in [0.2, 0.25) is 5.02 Å². The summed E-state index contributed by atoms with van der Waals surface area (Å²) in [6, 6.07) is 8.10. The first-order valence-electron chi connectivity index (χ1n) is 5.18. The van der Waals surface area contributed by atoms with Gasteiger partial charge in [0.1, 0.15) is 11.5 Å². The molecule has 90 valence electrons. The van der Waals surface area contributed by atoms with Crippen molar-refractivity contribution in [2.24, 2.45) is 0 Å². The monoisotopic (exact) mass is 279 g/mol. The Morgan fingerprint density at radius 3 is 2.89 bits per heavy atom. The van der Waals surface area contributed by atoms with Crippen molar-refractivity contribution < 1.29 is 4.39 Å². The van der Waals surface area contributed by atoms with Crippen molar-refractivity contribution in [2.45, 2.75) is 0 Å². The van der Waals surface area contributed by atoms with Gasteiger partial charge in [-0.3, -0.25) is 4.57 Å². The molecule has 3 nitrogen and oxygen atoms in total. The first-order chi connectivity index (χ1) is 8.68. The highest BCUT2D eigenvalue weighted by atomic mass is 35.5. The Morgan fingerprint density at radius 1 is 1.28 bits per heavy atom. The predicted molar refractivity (Wildman–Crippen MR) is 71.2 cm³/mol. The van der Waals surface area contributed by atoms with Crippen LogP contribution in [0.25, 0.3) is 16.9 Å². The Labute approximate surface area is 112 Å². The van der Waals surface area contributed by atoms with Crippen molar-refractivity contribution in [3.63, 3.8) is 0 Å². The smallest absolute Gasteiger partial charge is 0.184 e. The van der Waals surface area contributed by atoms with Crippen molar-refractivity contribution in [3.8, 4) is 5.69 Å². The molecule has 0 aliphatic heterocycles. The number of H-pyrrole nitrogens is 1. The molecule has 0 unspecified atom stereocenters. The van der Waals surface area contributed by atoms with E-state index in [0.717, 1.165) is 5.52 Å². The van der Waals surface area contributed by atoms with Gasteiger partial charge < -0.3 is 4.98 Å². The Hall–Kier alpha value is -1.72. The summed E-state index contributed by atoms with van der Waals surface area (Å²) in [6.07, 6.45) is 1.62. The number of hydrogen-bond donors (Lipinski definition) is 1. The summed E-state index contributed by atoms with van der Waals surface area (Å²) >= 11 is 11.2. The lowest BCUT2D eigenvalue weighted by molar-refractivity contribution is 0.618. The molecule has 0 spiro atoms. The third-order valence-corrected chi connectivity index (χ3v) is 3.19. The Morgan fingerprint density at radius 2 is 2.11 bits per heavy atom. The fraction of sp³-hybridized carbons (Fsp3) is 0. The van der Waals surface area contributed by atoms with E-state index in [1.54, 1.807) is 24.4 Å². The zero-order valence-corrected chi connectivity index (χ0v) is 10.6. The van der Waals surface area contributed by atoms with E-state index < -0.39 is 5.82 Å². The van der Waals surface area contributed by atoms with Gasteiger partial charge in [0.2, 0.25) is 0 Å². The number of pyridine rings is 1. The van der Waals surface area contributed by atoms with Gasteiger partial charge in [-0.25, -0.2) is 9.37 Å². The number of benzene rings is 1. The van der Waals surface area contributed by atoms with Crippen molar-refractivity contribution in [1.29, 1.82) is 0 Å². The van der Waals surface area contributed by atoms with Gasteiger partial charge in [0.15, 0.2) is 10.4 Å². The summed E-state index contributed by atoms with van der Waals surface area (Å²) in [5.74, 6) is -0.440. The number of hydrogen-bond acceptors (Lipinski definition) is 2. The molecule has 0 aliphatic carbocycles. The number of rotatable bonds is 1. The Kier molecular flexibility index (Phi) is 2.65. The summed E-state index contributed by atoms with van der Waals surface area (Å²) in [5.41, 5.74) is 1.51. The molecule has 3 aromatic rings. The number of nitrogens with one attached hydrogen (secondary N) is 1. The van der Waals surface area contributed by atoms with Crippen LogP contribution in [0.15, 0.2) is 36.5 Å². The van der Waals surface area contributed by atoms with Gasteiger partial charge in [-0.15, -0.1) is 0 Å². The van der Waals surface area contributed by atoms with E-state index in [2.05, 4.69) is 9.97 Å². The highest BCUT2D eigenvalue weighted by Crippen LogP contribution is 2.26. The number of halogens is 2. The van der Waals surface area contributed by atoms with Crippen molar-refractivity contribution in [2.75, 3.05) is 0 Å². The molecule has 0 atom stereocenters. The van der Waals surface area contributed by atoms with E-state index in [1.807, 2.05) is 6.07 Å². The van der Waals surface area contributed by atoms with E-state index in [0.29, 0.717) is 10.4 Å². The molecule has 0 amide bonds. The van der Waals surface area contributed by atoms with Crippen LogP contribution in [0, 0.1) is 10.6 Å². The summed E-state index contributed by atoms with van der Waals surface area (Å²) in [6.45, 7) is 0. The second-order valence-electron chi connectivity index (χ2n) is 3.71. The number of nitrogens with zero attached hydrogens (tertiary/aromatic N) is 2. The molecule has 2 aromatic heterocycles.